The SMILES string of the molecule is CC(C)CNC(=O)c1cccc(S(=O)(=O)Nc2ccccc2C(C)C)c1. The van der Waals surface area contributed by atoms with Crippen molar-refractivity contribution in [2.75, 3.05) is 11.3 Å². The molecule has 1 amide bonds. The number of amides is 1. The molecule has 0 fully saturated rings. The quantitative estimate of drug-likeness (QED) is 0.769. The van der Waals surface area contributed by atoms with Crippen molar-refractivity contribution in [3.63, 3.8) is 0 Å². The van der Waals surface area contributed by atoms with Crippen molar-refractivity contribution in [1.29, 1.82) is 0 Å². The average Bonchev–Trinajstić information content (AvgIpc) is 2.59. The van der Waals surface area contributed by atoms with Crippen LogP contribution in [0.5, 0.6) is 0 Å². The van der Waals surface area contributed by atoms with E-state index in [9.17, 15) is 13.2 Å². The molecule has 2 N–H and O–H groups in total. The fraction of sp³-hybridized carbons (Fsp3) is 0.350. The van der Waals surface area contributed by atoms with Crippen LogP contribution in [0, 0.1) is 5.92 Å². The summed E-state index contributed by atoms with van der Waals surface area (Å²) in [4.78, 5) is 12.3. The van der Waals surface area contributed by atoms with Gasteiger partial charge in [-0.2, -0.15) is 0 Å². The zero-order valence-electron chi connectivity index (χ0n) is 15.6. The number of carbonyl (C=O) groups excluding carboxylic acids is 1. The van der Waals surface area contributed by atoms with E-state index < -0.39 is 10.0 Å². The second kappa shape index (κ2) is 8.36. The number of benzene rings is 2. The van der Waals surface area contributed by atoms with E-state index >= 15 is 0 Å². The van der Waals surface area contributed by atoms with E-state index in [0.29, 0.717) is 23.7 Å². The molecule has 0 bridgehead atoms. The van der Waals surface area contributed by atoms with Crippen molar-refractivity contribution in [3.8, 4) is 0 Å². The lowest BCUT2D eigenvalue weighted by molar-refractivity contribution is 0.0949. The van der Waals surface area contributed by atoms with E-state index in [-0.39, 0.29) is 16.7 Å². The largest absolute Gasteiger partial charge is 0.352 e. The van der Waals surface area contributed by atoms with Gasteiger partial charge in [0.2, 0.25) is 0 Å². The van der Waals surface area contributed by atoms with Crippen LogP contribution in [0.25, 0.3) is 0 Å². The Morgan fingerprint density at radius 2 is 1.69 bits per heavy atom. The van der Waals surface area contributed by atoms with Gasteiger partial charge in [-0.05, 0) is 41.7 Å². The Kier molecular flexibility index (Phi) is 6.42. The van der Waals surface area contributed by atoms with Crippen LogP contribution in [-0.2, 0) is 10.0 Å². The summed E-state index contributed by atoms with van der Waals surface area (Å²) in [5.41, 5.74) is 1.80. The Morgan fingerprint density at radius 3 is 2.35 bits per heavy atom. The minimum Gasteiger partial charge on any atom is -0.352 e. The predicted octanol–water partition coefficient (Wildman–Crippen LogP) is 4.00. The smallest absolute Gasteiger partial charge is 0.261 e. The molecule has 0 aliphatic carbocycles. The molecular formula is C20H26N2O3S. The molecule has 0 heterocycles. The summed E-state index contributed by atoms with van der Waals surface area (Å²) in [5.74, 6) is 0.223. The van der Waals surface area contributed by atoms with E-state index in [1.165, 1.54) is 12.1 Å². The first-order chi connectivity index (χ1) is 12.2. The average molecular weight is 375 g/mol. The Balaban J connectivity index is 2.27. The normalized spacial score (nSPS) is 11.6. The predicted molar refractivity (Wildman–Crippen MR) is 105 cm³/mol. The highest BCUT2D eigenvalue weighted by Crippen LogP contribution is 2.26. The molecule has 2 aromatic rings. The summed E-state index contributed by atoms with van der Waals surface area (Å²) in [5, 5.41) is 2.80. The Labute approximate surface area is 155 Å². The molecule has 140 valence electrons. The number of sulfonamides is 1. The molecule has 26 heavy (non-hydrogen) atoms. The molecule has 2 rings (SSSR count). The van der Waals surface area contributed by atoms with Gasteiger partial charge in [0.1, 0.15) is 0 Å². The number of hydrogen-bond acceptors (Lipinski definition) is 3. The maximum absolute atomic E-state index is 12.8. The monoisotopic (exact) mass is 374 g/mol. The minimum atomic E-state index is -3.79. The van der Waals surface area contributed by atoms with Gasteiger partial charge in [-0.3, -0.25) is 9.52 Å². The third kappa shape index (κ3) is 5.08. The van der Waals surface area contributed by atoms with Gasteiger partial charge in [-0.15, -0.1) is 0 Å². The highest BCUT2D eigenvalue weighted by molar-refractivity contribution is 7.92. The molecule has 0 saturated carbocycles. The highest BCUT2D eigenvalue weighted by Gasteiger charge is 2.18. The molecule has 0 saturated heterocycles. The van der Waals surface area contributed by atoms with Crippen molar-refractivity contribution in [2.45, 2.75) is 38.5 Å². The van der Waals surface area contributed by atoms with Crippen LogP contribution in [-0.4, -0.2) is 20.9 Å². The number of hydrogen-bond donors (Lipinski definition) is 2. The van der Waals surface area contributed by atoms with Crippen molar-refractivity contribution in [2.24, 2.45) is 5.92 Å². The van der Waals surface area contributed by atoms with Gasteiger partial charge in [-0.1, -0.05) is 52.0 Å². The summed E-state index contributed by atoms with van der Waals surface area (Å²) in [7, 11) is -3.79. The molecule has 0 spiro atoms. The lowest BCUT2D eigenvalue weighted by Gasteiger charge is -2.15. The Morgan fingerprint density at radius 1 is 1.00 bits per heavy atom. The van der Waals surface area contributed by atoms with Crippen LogP contribution in [0.2, 0.25) is 0 Å². The fourth-order valence-corrected chi connectivity index (χ4v) is 3.63. The van der Waals surface area contributed by atoms with Crippen molar-refractivity contribution < 1.29 is 13.2 Å². The molecule has 5 nitrogen and oxygen atoms in total. The van der Waals surface area contributed by atoms with E-state index in [4.69, 9.17) is 0 Å². The third-order valence-corrected chi connectivity index (χ3v) is 5.27. The maximum atomic E-state index is 12.8. The molecule has 0 aliphatic rings. The summed E-state index contributed by atoms with van der Waals surface area (Å²) >= 11 is 0. The van der Waals surface area contributed by atoms with Crippen LogP contribution < -0.4 is 10.0 Å². The van der Waals surface area contributed by atoms with Crippen LogP contribution >= 0.6 is 0 Å². The third-order valence-electron chi connectivity index (χ3n) is 3.90. The van der Waals surface area contributed by atoms with Crippen LogP contribution in [0.4, 0.5) is 5.69 Å². The van der Waals surface area contributed by atoms with E-state index in [1.54, 1.807) is 24.3 Å². The second-order valence-corrected chi connectivity index (χ2v) is 8.66. The van der Waals surface area contributed by atoms with Crippen molar-refractivity contribution >= 4 is 21.6 Å². The van der Waals surface area contributed by atoms with Gasteiger partial charge in [0.25, 0.3) is 15.9 Å². The Hall–Kier alpha value is -2.34. The summed E-state index contributed by atoms with van der Waals surface area (Å²) in [6, 6.07) is 13.4. The van der Waals surface area contributed by atoms with Gasteiger partial charge in [-0.25, -0.2) is 8.42 Å². The molecule has 0 aromatic heterocycles. The van der Waals surface area contributed by atoms with Crippen molar-refractivity contribution in [3.05, 3.63) is 59.7 Å². The molecule has 6 heteroatoms. The molecule has 0 radical (unpaired) electrons. The first-order valence-corrected chi connectivity index (χ1v) is 10.2. The lowest BCUT2D eigenvalue weighted by atomic mass is 10.0. The second-order valence-electron chi connectivity index (χ2n) is 6.98. The van der Waals surface area contributed by atoms with Gasteiger partial charge >= 0.3 is 0 Å². The first kappa shape index (κ1) is 20.0. The molecule has 0 unspecified atom stereocenters. The molecule has 0 aliphatic heterocycles. The first-order valence-electron chi connectivity index (χ1n) is 8.70. The molecule has 2 aromatic carbocycles. The Bertz CT molecular complexity index is 874. The van der Waals surface area contributed by atoms with Crippen LogP contribution in [0.3, 0.4) is 0 Å². The van der Waals surface area contributed by atoms with Gasteiger partial charge < -0.3 is 5.32 Å². The molecular weight excluding hydrogens is 348 g/mol. The van der Waals surface area contributed by atoms with Crippen LogP contribution in [0.1, 0.15) is 49.5 Å². The zero-order chi connectivity index (χ0) is 19.3. The summed E-state index contributed by atoms with van der Waals surface area (Å²) in [6.45, 7) is 8.55. The lowest BCUT2D eigenvalue weighted by Crippen LogP contribution is -2.27. The maximum Gasteiger partial charge on any atom is 0.261 e. The number of carbonyl (C=O) groups is 1. The van der Waals surface area contributed by atoms with E-state index in [2.05, 4.69) is 10.0 Å². The number of anilines is 1. The van der Waals surface area contributed by atoms with Gasteiger partial charge in [0.05, 0.1) is 10.6 Å². The molecule has 0 atom stereocenters. The zero-order valence-corrected chi connectivity index (χ0v) is 16.4. The van der Waals surface area contributed by atoms with Crippen LogP contribution in [0.15, 0.2) is 53.4 Å². The topological polar surface area (TPSA) is 75.3 Å². The van der Waals surface area contributed by atoms with E-state index in [1.807, 2.05) is 39.8 Å². The highest BCUT2D eigenvalue weighted by atomic mass is 32.2. The van der Waals surface area contributed by atoms with Crippen molar-refractivity contribution in [1.82, 2.24) is 5.32 Å². The minimum absolute atomic E-state index is 0.0632. The standard InChI is InChI=1S/C20H26N2O3S/c1-14(2)13-21-20(23)16-8-7-9-17(12-16)26(24,25)22-19-11-6-5-10-18(19)15(3)4/h5-12,14-15,22H,13H2,1-4H3,(H,21,23). The number of rotatable bonds is 7. The summed E-state index contributed by atoms with van der Waals surface area (Å²) in [6.07, 6.45) is 0. The number of para-hydroxylation sites is 1. The van der Waals surface area contributed by atoms with Gasteiger partial charge in [0, 0.05) is 12.1 Å². The number of nitrogens with one attached hydrogen (secondary N) is 2. The summed E-state index contributed by atoms with van der Waals surface area (Å²) < 4.78 is 28.2. The van der Waals surface area contributed by atoms with E-state index in [0.717, 1.165) is 5.56 Å². The van der Waals surface area contributed by atoms with Gasteiger partial charge in [0.15, 0.2) is 0 Å². The fourth-order valence-electron chi connectivity index (χ4n) is 2.50.